The number of aromatic nitrogens is 2. The second-order valence-electron chi connectivity index (χ2n) is 8.03. The fourth-order valence-corrected chi connectivity index (χ4v) is 4.08. The Hall–Kier alpha value is -3.15. The van der Waals surface area contributed by atoms with E-state index in [1.165, 1.54) is 5.56 Å². The highest BCUT2D eigenvalue weighted by atomic mass is 16.5. The van der Waals surface area contributed by atoms with Crippen LogP contribution in [0, 0.1) is 12.8 Å². The SMILES string of the molecule is Cc1cccc2nc(C(=O)O[C@@H](C)C(=O)N3CCC(Cc4ccccc4)CC3)cn12. The van der Waals surface area contributed by atoms with Gasteiger partial charge >= 0.3 is 5.97 Å². The van der Waals surface area contributed by atoms with E-state index >= 15 is 0 Å². The van der Waals surface area contributed by atoms with Crippen LogP contribution in [0.3, 0.4) is 0 Å². The Kier molecular flexibility index (Phi) is 5.84. The standard InChI is InChI=1S/C24H27N3O3/c1-17-7-6-10-22-25-21(16-27(17)22)24(29)30-18(2)23(28)26-13-11-20(12-14-26)15-19-8-4-3-5-9-19/h3-10,16,18,20H,11-15H2,1-2H3/t18-/m0/s1. The van der Waals surface area contributed by atoms with Crippen LogP contribution < -0.4 is 0 Å². The van der Waals surface area contributed by atoms with E-state index in [4.69, 9.17) is 4.74 Å². The van der Waals surface area contributed by atoms with Crippen molar-refractivity contribution in [2.75, 3.05) is 13.1 Å². The van der Waals surface area contributed by atoms with Gasteiger partial charge in [0.25, 0.3) is 5.91 Å². The molecule has 0 saturated carbocycles. The van der Waals surface area contributed by atoms with E-state index in [9.17, 15) is 9.59 Å². The normalized spacial score (nSPS) is 15.9. The van der Waals surface area contributed by atoms with Crippen LogP contribution in [-0.2, 0) is 16.0 Å². The molecule has 0 radical (unpaired) electrons. The highest BCUT2D eigenvalue weighted by Gasteiger charge is 2.29. The molecule has 1 fully saturated rings. The zero-order valence-electron chi connectivity index (χ0n) is 17.5. The van der Waals surface area contributed by atoms with E-state index in [0.29, 0.717) is 24.7 Å². The summed E-state index contributed by atoms with van der Waals surface area (Å²) in [5.74, 6) is -0.130. The summed E-state index contributed by atoms with van der Waals surface area (Å²) in [5, 5.41) is 0. The number of benzene rings is 1. The highest BCUT2D eigenvalue weighted by molar-refractivity contribution is 5.91. The van der Waals surface area contributed by atoms with Crippen molar-refractivity contribution in [2.45, 2.75) is 39.2 Å². The topological polar surface area (TPSA) is 63.9 Å². The molecule has 1 aliphatic heterocycles. The van der Waals surface area contributed by atoms with Gasteiger partial charge in [0.1, 0.15) is 5.65 Å². The molecule has 30 heavy (non-hydrogen) atoms. The Balaban J connectivity index is 1.31. The summed E-state index contributed by atoms with van der Waals surface area (Å²) in [6.07, 6.45) is 3.80. The van der Waals surface area contributed by atoms with Gasteiger partial charge in [0.05, 0.1) is 0 Å². The average Bonchev–Trinajstić information content (AvgIpc) is 3.20. The van der Waals surface area contributed by atoms with Crippen molar-refractivity contribution in [3.8, 4) is 0 Å². The Morgan fingerprint density at radius 1 is 1.10 bits per heavy atom. The van der Waals surface area contributed by atoms with Crippen LogP contribution in [0.5, 0.6) is 0 Å². The van der Waals surface area contributed by atoms with Crippen molar-refractivity contribution in [1.82, 2.24) is 14.3 Å². The molecule has 1 aromatic carbocycles. The molecule has 4 rings (SSSR count). The Bertz CT molecular complexity index is 1040. The van der Waals surface area contributed by atoms with Gasteiger partial charge in [-0.25, -0.2) is 9.78 Å². The Morgan fingerprint density at radius 3 is 2.53 bits per heavy atom. The van der Waals surface area contributed by atoms with Crippen LogP contribution in [0.25, 0.3) is 5.65 Å². The third kappa shape index (κ3) is 4.37. The maximum Gasteiger partial charge on any atom is 0.359 e. The van der Waals surface area contributed by atoms with Crippen molar-refractivity contribution in [1.29, 1.82) is 0 Å². The first-order valence-electron chi connectivity index (χ1n) is 10.5. The first kappa shape index (κ1) is 20.1. The number of ether oxygens (including phenoxy) is 1. The predicted octanol–water partition coefficient (Wildman–Crippen LogP) is 3.67. The minimum absolute atomic E-state index is 0.138. The molecule has 1 amide bonds. The molecule has 6 heteroatoms. The summed E-state index contributed by atoms with van der Waals surface area (Å²) < 4.78 is 7.27. The molecule has 0 unspecified atom stereocenters. The number of rotatable bonds is 5. The first-order chi connectivity index (χ1) is 14.5. The van der Waals surface area contributed by atoms with Gasteiger partial charge in [0.15, 0.2) is 11.8 Å². The zero-order chi connectivity index (χ0) is 21.1. The number of likely N-dealkylation sites (tertiary alicyclic amines) is 1. The number of pyridine rings is 1. The van der Waals surface area contributed by atoms with Crippen LogP contribution in [0.4, 0.5) is 0 Å². The molecule has 0 spiro atoms. The molecule has 156 valence electrons. The van der Waals surface area contributed by atoms with E-state index in [1.807, 2.05) is 40.5 Å². The zero-order valence-corrected chi connectivity index (χ0v) is 17.5. The fraction of sp³-hybridized carbons (Fsp3) is 0.375. The number of hydrogen-bond donors (Lipinski definition) is 0. The van der Waals surface area contributed by atoms with E-state index in [1.54, 1.807) is 13.1 Å². The number of amides is 1. The van der Waals surface area contributed by atoms with Crippen molar-refractivity contribution in [3.63, 3.8) is 0 Å². The maximum absolute atomic E-state index is 12.8. The summed E-state index contributed by atoms with van der Waals surface area (Å²) in [6.45, 7) is 4.98. The average molecular weight is 405 g/mol. The molecule has 0 bridgehead atoms. The quantitative estimate of drug-likeness (QED) is 0.608. The summed E-state index contributed by atoms with van der Waals surface area (Å²) in [7, 11) is 0. The number of imidazole rings is 1. The molecule has 1 atom stereocenters. The minimum atomic E-state index is -0.825. The Labute approximate surface area is 176 Å². The van der Waals surface area contributed by atoms with Crippen LogP contribution in [0.2, 0.25) is 0 Å². The van der Waals surface area contributed by atoms with Gasteiger partial charge in [-0.3, -0.25) is 4.79 Å². The van der Waals surface area contributed by atoms with Gasteiger partial charge in [-0.15, -0.1) is 0 Å². The van der Waals surface area contributed by atoms with Crippen molar-refractivity contribution < 1.29 is 14.3 Å². The smallest absolute Gasteiger partial charge is 0.359 e. The molecule has 6 nitrogen and oxygen atoms in total. The number of carbonyl (C=O) groups is 2. The van der Waals surface area contributed by atoms with Crippen LogP contribution in [-0.4, -0.2) is 45.4 Å². The number of esters is 1. The molecule has 3 heterocycles. The van der Waals surface area contributed by atoms with Crippen molar-refractivity contribution in [2.24, 2.45) is 5.92 Å². The third-order valence-corrected chi connectivity index (χ3v) is 5.83. The molecule has 0 N–H and O–H groups in total. The number of fused-ring (bicyclic) bond motifs is 1. The maximum atomic E-state index is 12.8. The number of nitrogens with zero attached hydrogens (tertiary/aromatic N) is 3. The molecule has 2 aromatic heterocycles. The van der Waals surface area contributed by atoms with Gasteiger partial charge in [0, 0.05) is 25.0 Å². The summed E-state index contributed by atoms with van der Waals surface area (Å²) in [4.78, 5) is 31.4. The monoisotopic (exact) mass is 405 g/mol. The van der Waals surface area contributed by atoms with Gasteiger partial charge in [-0.2, -0.15) is 0 Å². The molecular weight excluding hydrogens is 378 g/mol. The fourth-order valence-electron chi connectivity index (χ4n) is 4.08. The summed E-state index contributed by atoms with van der Waals surface area (Å²) in [6, 6.07) is 16.1. The third-order valence-electron chi connectivity index (χ3n) is 5.83. The number of hydrogen-bond acceptors (Lipinski definition) is 4. The number of piperidine rings is 1. The lowest BCUT2D eigenvalue weighted by Gasteiger charge is -2.33. The van der Waals surface area contributed by atoms with Crippen molar-refractivity contribution in [3.05, 3.63) is 71.7 Å². The second-order valence-corrected chi connectivity index (χ2v) is 8.03. The highest BCUT2D eigenvalue weighted by Crippen LogP contribution is 2.22. The lowest BCUT2D eigenvalue weighted by atomic mass is 9.90. The molecule has 1 aliphatic rings. The summed E-state index contributed by atoms with van der Waals surface area (Å²) in [5.41, 5.74) is 3.21. The van der Waals surface area contributed by atoms with E-state index < -0.39 is 12.1 Å². The first-order valence-corrected chi connectivity index (χ1v) is 10.5. The molecular formula is C24H27N3O3. The van der Waals surface area contributed by atoms with Gasteiger partial charge in [-0.05, 0) is 56.7 Å². The number of carbonyl (C=O) groups excluding carboxylic acids is 2. The molecule has 0 aliphatic carbocycles. The Morgan fingerprint density at radius 2 is 1.83 bits per heavy atom. The lowest BCUT2D eigenvalue weighted by Crippen LogP contribution is -2.44. The van der Waals surface area contributed by atoms with Gasteiger partial charge in [0.2, 0.25) is 0 Å². The van der Waals surface area contributed by atoms with Crippen LogP contribution in [0.15, 0.2) is 54.7 Å². The van der Waals surface area contributed by atoms with Crippen LogP contribution in [0.1, 0.15) is 41.5 Å². The predicted molar refractivity (Wildman–Crippen MR) is 114 cm³/mol. The van der Waals surface area contributed by atoms with Gasteiger partial charge in [-0.1, -0.05) is 36.4 Å². The number of aryl methyl sites for hydroxylation is 1. The van der Waals surface area contributed by atoms with Gasteiger partial charge < -0.3 is 14.0 Å². The van der Waals surface area contributed by atoms with Crippen molar-refractivity contribution >= 4 is 17.5 Å². The minimum Gasteiger partial charge on any atom is -0.448 e. The molecule has 3 aromatic rings. The summed E-state index contributed by atoms with van der Waals surface area (Å²) >= 11 is 0. The largest absolute Gasteiger partial charge is 0.448 e. The molecule has 1 saturated heterocycles. The van der Waals surface area contributed by atoms with E-state index in [-0.39, 0.29) is 11.6 Å². The van der Waals surface area contributed by atoms with E-state index in [2.05, 4.69) is 29.2 Å². The van der Waals surface area contributed by atoms with E-state index in [0.717, 1.165) is 25.0 Å². The lowest BCUT2D eigenvalue weighted by molar-refractivity contribution is -0.141. The van der Waals surface area contributed by atoms with Crippen LogP contribution >= 0.6 is 0 Å². The second kappa shape index (κ2) is 8.69.